The maximum atomic E-state index is 12.4. The molecule has 28 heavy (non-hydrogen) atoms. The molecule has 0 bridgehead atoms. The Labute approximate surface area is 160 Å². The fourth-order valence-electron chi connectivity index (χ4n) is 3.24. The number of fused-ring (bicyclic) bond motifs is 1. The predicted octanol–water partition coefficient (Wildman–Crippen LogP) is 1.17. The van der Waals surface area contributed by atoms with Crippen molar-refractivity contribution in [1.82, 2.24) is 10.9 Å². The molecule has 9 heteroatoms. The first kappa shape index (κ1) is 17.9. The van der Waals surface area contributed by atoms with Crippen LogP contribution in [0.4, 0.5) is 5.69 Å². The van der Waals surface area contributed by atoms with Gasteiger partial charge in [0.15, 0.2) is 11.5 Å². The van der Waals surface area contributed by atoms with E-state index in [9.17, 15) is 14.4 Å². The van der Waals surface area contributed by atoms with E-state index in [0.29, 0.717) is 41.7 Å². The van der Waals surface area contributed by atoms with Crippen molar-refractivity contribution in [3.05, 3.63) is 41.9 Å². The van der Waals surface area contributed by atoms with Crippen molar-refractivity contribution in [1.29, 1.82) is 0 Å². The van der Waals surface area contributed by atoms with E-state index in [1.54, 1.807) is 25.1 Å². The molecule has 1 unspecified atom stereocenters. The summed E-state index contributed by atoms with van der Waals surface area (Å²) in [6, 6.07) is 6.75. The van der Waals surface area contributed by atoms with Crippen molar-refractivity contribution in [3.8, 4) is 11.5 Å². The molecule has 1 saturated heterocycles. The van der Waals surface area contributed by atoms with Gasteiger partial charge in [0.1, 0.15) is 19.0 Å². The number of benzene rings is 1. The topological polar surface area (TPSA) is 110 Å². The second-order valence-electron chi connectivity index (χ2n) is 6.57. The average molecular weight is 385 g/mol. The third kappa shape index (κ3) is 3.38. The van der Waals surface area contributed by atoms with Crippen molar-refractivity contribution in [2.75, 3.05) is 24.7 Å². The van der Waals surface area contributed by atoms with Gasteiger partial charge in [0.05, 0.1) is 17.7 Å². The number of carbonyl (C=O) groups is 3. The molecule has 146 valence electrons. The van der Waals surface area contributed by atoms with Gasteiger partial charge >= 0.3 is 0 Å². The van der Waals surface area contributed by atoms with E-state index in [1.807, 2.05) is 0 Å². The van der Waals surface area contributed by atoms with Gasteiger partial charge in [0.2, 0.25) is 11.8 Å². The van der Waals surface area contributed by atoms with Crippen LogP contribution in [-0.4, -0.2) is 37.5 Å². The fraction of sp³-hybridized carbons (Fsp3) is 0.316. The summed E-state index contributed by atoms with van der Waals surface area (Å²) in [7, 11) is 0. The lowest BCUT2D eigenvalue weighted by molar-refractivity contribution is -0.126. The van der Waals surface area contributed by atoms with E-state index < -0.39 is 17.7 Å². The maximum absolute atomic E-state index is 12.4. The largest absolute Gasteiger partial charge is 0.486 e. The number of nitrogens with zero attached hydrogens (tertiary/aromatic N) is 1. The van der Waals surface area contributed by atoms with Crippen molar-refractivity contribution in [2.45, 2.75) is 13.3 Å². The Balaban J connectivity index is 1.38. The lowest BCUT2D eigenvalue weighted by Gasteiger charge is -2.22. The van der Waals surface area contributed by atoms with Gasteiger partial charge in [0, 0.05) is 24.7 Å². The Morgan fingerprint density at radius 1 is 1.11 bits per heavy atom. The van der Waals surface area contributed by atoms with Crippen LogP contribution in [0.25, 0.3) is 0 Å². The molecule has 0 saturated carbocycles. The molecular formula is C19H19N3O6. The summed E-state index contributed by atoms with van der Waals surface area (Å²) in [5.74, 6) is 0.00347. The van der Waals surface area contributed by atoms with Crippen LogP contribution in [0.5, 0.6) is 11.5 Å². The molecule has 1 aromatic carbocycles. The maximum Gasteiger partial charge on any atom is 0.273 e. The van der Waals surface area contributed by atoms with Gasteiger partial charge < -0.3 is 18.8 Å². The van der Waals surface area contributed by atoms with Gasteiger partial charge in [-0.2, -0.15) is 0 Å². The van der Waals surface area contributed by atoms with Crippen LogP contribution in [0.2, 0.25) is 0 Å². The zero-order valence-electron chi connectivity index (χ0n) is 15.2. The molecule has 9 nitrogen and oxygen atoms in total. The Morgan fingerprint density at radius 2 is 1.89 bits per heavy atom. The number of furan rings is 1. The molecule has 4 rings (SSSR count). The number of amides is 3. The number of carbonyl (C=O) groups excluding carboxylic acids is 3. The number of anilines is 1. The minimum absolute atomic E-state index is 0.0564. The molecule has 2 aromatic rings. The summed E-state index contributed by atoms with van der Waals surface area (Å²) < 4.78 is 16.1. The quantitative estimate of drug-likeness (QED) is 0.768. The lowest BCUT2D eigenvalue weighted by Crippen LogP contribution is -2.45. The van der Waals surface area contributed by atoms with Crippen LogP contribution in [-0.2, 0) is 9.59 Å². The van der Waals surface area contributed by atoms with E-state index in [2.05, 4.69) is 10.9 Å². The zero-order valence-corrected chi connectivity index (χ0v) is 15.2. The predicted molar refractivity (Wildman–Crippen MR) is 96.9 cm³/mol. The highest BCUT2D eigenvalue weighted by atomic mass is 16.6. The van der Waals surface area contributed by atoms with Gasteiger partial charge in [-0.3, -0.25) is 25.2 Å². The van der Waals surface area contributed by atoms with E-state index in [0.717, 1.165) is 0 Å². The van der Waals surface area contributed by atoms with Gasteiger partial charge in [-0.1, -0.05) is 0 Å². The molecule has 0 radical (unpaired) electrons. The Hall–Kier alpha value is -3.49. The van der Waals surface area contributed by atoms with Crippen molar-refractivity contribution in [2.24, 2.45) is 5.92 Å². The fourth-order valence-corrected chi connectivity index (χ4v) is 3.24. The summed E-state index contributed by atoms with van der Waals surface area (Å²) in [6.45, 7) is 2.80. The highest BCUT2D eigenvalue weighted by Crippen LogP contribution is 2.35. The lowest BCUT2D eigenvalue weighted by atomic mass is 10.1. The summed E-state index contributed by atoms with van der Waals surface area (Å²) in [5.41, 5.74) is 5.70. The molecule has 1 atom stereocenters. The van der Waals surface area contributed by atoms with Crippen molar-refractivity contribution in [3.63, 3.8) is 0 Å². The Bertz CT molecular complexity index is 938. The number of hydrogen-bond acceptors (Lipinski definition) is 6. The van der Waals surface area contributed by atoms with Gasteiger partial charge in [-0.05, 0) is 25.1 Å². The molecule has 2 aliphatic heterocycles. The molecule has 1 fully saturated rings. The molecule has 1 aromatic heterocycles. The monoisotopic (exact) mass is 385 g/mol. The van der Waals surface area contributed by atoms with Crippen LogP contribution in [0.15, 0.2) is 34.9 Å². The van der Waals surface area contributed by atoms with E-state index in [1.165, 1.54) is 17.2 Å². The van der Waals surface area contributed by atoms with E-state index in [4.69, 9.17) is 13.9 Å². The smallest absolute Gasteiger partial charge is 0.273 e. The van der Waals surface area contributed by atoms with Crippen molar-refractivity contribution < 1.29 is 28.3 Å². The first-order chi connectivity index (χ1) is 13.5. The summed E-state index contributed by atoms with van der Waals surface area (Å²) >= 11 is 0. The first-order valence-corrected chi connectivity index (χ1v) is 8.87. The second-order valence-corrected chi connectivity index (χ2v) is 6.57. The molecule has 2 N–H and O–H groups in total. The van der Waals surface area contributed by atoms with Gasteiger partial charge in [0.25, 0.3) is 5.91 Å². The normalized spacial score (nSPS) is 18.1. The Morgan fingerprint density at radius 3 is 2.64 bits per heavy atom. The van der Waals surface area contributed by atoms with Crippen LogP contribution >= 0.6 is 0 Å². The summed E-state index contributed by atoms with van der Waals surface area (Å²) in [4.78, 5) is 38.4. The summed E-state index contributed by atoms with van der Waals surface area (Å²) in [6.07, 6.45) is 1.45. The number of ether oxygens (including phenoxy) is 2. The minimum atomic E-state index is -0.577. The SMILES string of the molecule is Cc1occc1C(=O)NNC(=O)C1CC(=O)N(c2ccc3c(c2)OCCO3)C1. The third-order valence-electron chi connectivity index (χ3n) is 4.74. The second kappa shape index (κ2) is 7.26. The van der Waals surface area contributed by atoms with Gasteiger partial charge in [-0.15, -0.1) is 0 Å². The third-order valence-corrected chi connectivity index (χ3v) is 4.74. The average Bonchev–Trinajstić information content (AvgIpc) is 3.31. The van der Waals surface area contributed by atoms with E-state index >= 15 is 0 Å². The Kier molecular flexibility index (Phi) is 4.64. The molecule has 3 amide bonds. The van der Waals surface area contributed by atoms with Gasteiger partial charge in [-0.25, -0.2) is 0 Å². The van der Waals surface area contributed by atoms with Crippen LogP contribution < -0.4 is 25.2 Å². The summed E-state index contributed by atoms with van der Waals surface area (Å²) in [5, 5.41) is 0. The number of aryl methyl sites for hydroxylation is 1. The van der Waals surface area contributed by atoms with Crippen molar-refractivity contribution >= 4 is 23.4 Å². The molecule has 3 heterocycles. The highest BCUT2D eigenvalue weighted by Gasteiger charge is 2.36. The molecule has 0 spiro atoms. The number of rotatable bonds is 3. The van der Waals surface area contributed by atoms with E-state index in [-0.39, 0.29) is 18.9 Å². The number of hydrazine groups is 1. The van der Waals surface area contributed by atoms with Crippen LogP contribution in [0, 0.1) is 12.8 Å². The minimum Gasteiger partial charge on any atom is -0.486 e. The highest BCUT2D eigenvalue weighted by molar-refractivity contribution is 6.01. The standard InChI is InChI=1S/C19H19N3O6/c1-11-14(4-5-26-11)19(25)21-20-18(24)12-8-17(23)22(10-12)13-2-3-15-16(9-13)28-7-6-27-15/h2-5,9,12H,6-8,10H2,1H3,(H,20,24)(H,21,25). The number of hydrogen-bond donors (Lipinski definition) is 2. The molecule has 2 aliphatic rings. The van der Waals surface area contributed by atoms with Crippen LogP contribution in [0.3, 0.4) is 0 Å². The van der Waals surface area contributed by atoms with Crippen LogP contribution in [0.1, 0.15) is 22.5 Å². The molecular weight excluding hydrogens is 366 g/mol. The number of nitrogens with one attached hydrogen (secondary N) is 2. The first-order valence-electron chi connectivity index (χ1n) is 8.87. The molecule has 0 aliphatic carbocycles. The zero-order chi connectivity index (χ0) is 19.7.